The lowest BCUT2D eigenvalue weighted by atomic mass is 10.0. The Morgan fingerprint density at radius 2 is 1.52 bits per heavy atom. The normalized spacial score (nSPS) is 12.2. The summed E-state index contributed by atoms with van der Waals surface area (Å²) < 4.78 is 81.8. The van der Waals surface area contributed by atoms with E-state index in [0.717, 1.165) is 11.6 Å². The van der Waals surface area contributed by atoms with E-state index in [1.165, 1.54) is 6.08 Å². The van der Waals surface area contributed by atoms with E-state index in [1.807, 2.05) is 6.07 Å². The molecule has 29 heavy (non-hydrogen) atoms. The molecule has 0 heterocycles. The van der Waals surface area contributed by atoms with E-state index in [0.29, 0.717) is 12.1 Å². The third kappa shape index (κ3) is 7.52. The number of benzene rings is 2. The average Bonchev–Trinajstić information content (AvgIpc) is 2.65. The Balaban J connectivity index is 1.88. The second kappa shape index (κ2) is 9.49. The molecular weight excluding hydrogens is 400 g/mol. The minimum absolute atomic E-state index is 0.0711. The lowest BCUT2D eigenvalue weighted by molar-refractivity contribution is -0.143. The number of carbonyl (C=O) groups excluding carboxylic acids is 1. The van der Waals surface area contributed by atoms with Gasteiger partial charge in [-0.25, -0.2) is 4.79 Å². The zero-order chi connectivity index (χ0) is 21.5. The molecule has 0 radical (unpaired) electrons. The maximum atomic E-state index is 12.8. The molecule has 3 nitrogen and oxygen atoms in total. The molecule has 9 heteroatoms. The summed E-state index contributed by atoms with van der Waals surface area (Å²) in [6, 6.07) is 10.3. The van der Waals surface area contributed by atoms with Crippen LogP contribution in [0.25, 0.3) is 6.08 Å². The number of rotatable bonds is 6. The summed E-state index contributed by atoms with van der Waals surface area (Å²) in [5.41, 5.74) is -2.20. The maximum absolute atomic E-state index is 12.8. The molecule has 0 spiro atoms. The fourth-order valence-electron chi connectivity index (χ4n) is 2.33. The number of nitrogens with one attached hydrogen (secondary N) is 1. The van der Waals surface area contributed by atoms with Crippen LogP contribution < -0.4 is 5.32 Å². The summed E-state index contributed by atoms with van der Waals surface area (Å²) in [6.07, 6.45) is -7.77. The summed E-state index contributed by atoms with van der Waals surface area (Å²) in [5, 5.41) is 2.44. The van der Waals surface area contributed by atoms with Crippen molar-refractivity contribution < 1.29 is 35.9 Å². The van der Waals surface area contributed by atoms with Gasteiger partial charge in [-0.2, -0.15) is 26.3 Å². The van der Waals surface area contributed by atoms with Gasteiger partial charge in [0.15, 0.2) is 0 Å². The van der Waals surface area contributed by atoms with Crippen molar-refractivity contribution in [3.8, 4) is 0 Å². The summed E-state index contributed by atoms with van der Waals surface area (Å²) in [5.74, 6) is 0. The van der Waals surface area contributed by atoms with Crippen LogP contribution >= 0.6 is 0 Å². The van der Waals surface area contributed by atoms with Gasteiger partial charge < -0.3 is 10.1 Å². The number of amides is 1. The van der Waals surface area contributed by atoms with Crippen LogP contribution in [0.4, 0.5) is 31.1 Å². The number of hydrogen-bond donors (Lipinski definition) is 1. The van der Waals surface area contributed by atoms with Gasteiger partial charge in [0.25, 0.3) is 0 Å². The Kier molecular flexibility index (Phi) is 7.30. The third-order valence-electron chi connectivity index (χ3n) is 3.71. The monoisotopic (exact) mass is 417 g/mol. The summed E-state index contributed by atoms with van der Waals surface area (Å²) in [4.78, 5) is 11.6. The minimum atomic E-state index is -4.89. The molecule has 1 N–H and O–H groups in total. The zero-order valence-electron chi connectivity index (χ0n) is 15.0. The summed E-state index contributed by atoms with van der Waals surface area (Å²) in [7, 11) is 0. The van der Waals surface area contributed by atoms with Crippen LogP contribution in [0, 0.1) is 0 Å². The van der Waals surface area contributed by atoms with Crippen LogP contribution in [0.3, 0.4) is 0 Å². The van der Waals surface area contributed by atoms with E-state index in [-0.39, 0.29) is 31.2 Å². The van der Waals surface area contributed by atoms with Crippen LogP contribution in [-0.2, 0) is 23.7 Å². The summed E-state index contributed by atoms with van der Waals surface area (Å²) >= 11 is 0. The highest BCUT2D eigenvalue weighted by atomic mass is 19.4. The molecule has 0 unspecified atom stereocenters. The SMILES string of the molecule is O=C(NCCC=Cc1cc(C(F)(F)F)cc(C(F)(F)F)c1)OCc1ccccc1. The number of ether oxygens (including phenoxy) is 1. The molecule has 2 aromatic rings. The Morgan fingerprint density at radius 1 is 0.931 bits per heavy atom. The molecule has 2 aromatic carbocycles. The molecule has 0 aliphatic heterocycles. The first kappa shape index (κ1) is 22.3. The lowest BCUT2D eigenvalue weighted by Crippen LogP contribution is -2.24. The van der Waals surface area contributed by atoms with Crippen LogP contribution in [0.15, 0.2) is 54.6 Å². The molecule has 0 aromatic heterocycles. The first-order valence-electron chi connectivity index (χ1n) is 8.46. The van der Waals surface area contributed by atoms with Crippen molar-refractivity contribution in [2.24, 2.45) is 0 Å². The first-order chi connectivity index (χ1) is 13.6. The molecule has 0 atom stereocenters. The van der Waals surface area contributed by atoms with E-state index < -0.39 is 29.6 Å². The fourth-order valence-corrected chi connectivity index (χ4v) is 2.33. The molecule has 0 fully saturated rings. The lowest BCUT2D eigenvalue weighted by Gasteiger charge is -2.13. The molecular formula is C20H17F6NO2. The van der Waals surface area contributed by atoms with Crippen LogP contribution in [0.5, 0.6) is 0 Å². The number of halogens is 6. The van der Waals surface area contributed by atoms with Gasteiger partial charge in [0, 0.05) is 6.54 Å². The highest BCUT2D eigenvalue weighted by Crippen LogP contribution is 2.36. The molecule has 0 saturated carbocycles. The second-order valence-corrected chi connectivity index (χ2v) is 6.02. The van der Waals surface area contributed by atoms with E-state index in [2.05, 4.69) is 5.32 Å². The molecule has 0 bridgehead atoms. The smallest absolute Gasteiger partial charge is 0.416 e. The quantitative estimate of drug-likeness (QED) is 0.459. The number of carbonyl (C=O) groups is 1. The van der Waals surface area contributed by atoms with Gasteiger partial charge in [-0.15, -0.1) is 0 Å². The summed E-state index contributed by atoms with van der Waals surface area (Å²) in [6.45, 7) is 0.183. The van der Waals surface area contributed by atoms with Gasteiger partial charge in [0.05, 0.1) is 11.1 Å². The van der Waals surface area contributed by atoms with Crippen molar-refractivity contribution in [3.05, 3.63) is 76.9 Å². The Morgan fingerprint density at radius 3 is 2.07 bits per heavy atom. The van der Waals surface area contributed by atoms with E-state index in [4.69, 9.17) is 4.74 Å². The number of alkyl halides is 6. The van der Waals surface area contributed by atoms with Gasteiger partial charge in [-0.1, -0.05) is 42.5 Å². The van der Waals surface area contributed by atoms with Gasteiger partial charge >= 0.3 is 18.4 Å². The number of hydrogen-bond acceptors (Lipinski definition) is 2. The fraction of sp³-hybridized carbons (Fsp3) is 0.250. The second-order valence-electron chi connectivity index (χ2n) is 6.02. The van der Waals surface area contributed by atoms with Crippen molar-refractivity contribution in [2.75, 3.05) is 6.54 Å². The van der Waals surface area contributed by atoms with Crippen molar-refractivity contribution in [1.82, 2.24) is 5.32 Å². The molecule has 1 amide bonds. The largest absolute Gasteiger partial charge is 0.445 e. The Hall–Kier alpha value is -2.97. The first-order valence-corrected chi connectivity index (χ1v) is 8.46. The Bertz CT molecular complexity index is 812. The van der Waals surface area contributed by atoms with Gasteiger partial charge in [0.2, 0.25) is 0 Å². The topological polar surface area (TPSA) is 38.3 Å². The predicted octanol–water partition coefficient (Wildman–Crippen LogP) is 6.05. The van der Waals surface area contributed by atoms with Crippen molar-refractivity contribution >= 4 is 12.2 Å². The van der Waals surface area contributed by atoms with E-state index >= 15 is 0 Å². The van der Waals surface area contributed by atoms with Crippen molar-refractivity contribution in [1.29, 1.82) is 0 Å². The molecule has 0 aliphatic carbocycles. The van der Waals surface area contributed by atoms with Crippen molar-refractivity contribution in [3.63, 3.8) is 0 Å². The number of alkyl carbamates (subject to hydrolysis) is 1. The van der Waals surface area contributed by atoms with E-state index in [1.54, 1.807) is 24.3 Å². The Labute approximate surface area is 163 Å². The minimum Gasteiger partial charge on any atom is -0.445 e. The highest BCUT2D eigenvalue weighted by Gasteiger charge is 2.36. The van der Waals surface area contributed by atoms with Crippen LogP contribution in [0.2, 0.25) is 0 Å². The zero-order valence-corrected chi connectivity index (χ0v) is 15.0. The maximum Gasteiger partial charge on any atom is 0.416 e. The third-order valence-corrected chi connectivity index (χ3v) is 3.71. The average molecular weight is 417 g/mol. The highest BCUT2D eigenvalue weighted by molar-refractivity contribution is 5.67. The predicted molar refractivity (Wildman–Crippen MR) is 94.7 cm³/mol. The molecule has 2 rings (SSSR count). The van der Waals surface area contributed by atoms with Gasteiger partial charge in [0.1, 0.15) is 6.61 Å². The van der Waals surface area contributed by atoms with Crippen LogP contribution in [0.1, 0.15) is 28.7 Å². The molecule has 0 saturated heterocycles. The molecule has 0 aliphatic rings. The van der Waals surface area contributed by atoms with Gasteiger partial charge in [-0.3, -0.25) is 0 Å². The van der Waals surface area contributed by atoms with E-state index in [9.17, 15) is 31.1 Å². The van der Waals surface area contributed by atoms with Crippen LogP contribution in [-0.4, -0.2) is 12.6 Å². The van der Waals surface area contributed by atoms with Crippen molar-refractivity contribution in [2.45, 2.75) is 25.4 Å². The van der Waals surface area contributed by atoms with Gasteiger partial charge in [-0.05, 0) is 35.7 Å². The molecule has 156 valence electrons. The standard InChI is InChI=1S/C20H17F6NO2/c21-19(22,23)16-10-15(11-17(12-16)20(24,25)26)8-4-5-9-27-18(28)29-13-14-6-2-1-3-7-14/h1-4,6-8,10-12H,5,9,13H2,(H,27,28).